The molecule has 15 heavy (non-hydrogen) atoms. The van der Waals surface area contributed by atoms with Gasteiger partial charge in [0.05, 0.1) is 26.1 Å². The molecule has 0 aromatic rings. The highest BCUT2D eigenvalue weighted by atomic mass is 16.4. The number of quaternary nitrogens is 1. The summed E-state index contributed by atoms with van der Waals surface area (Å²) < 4.78 is 0.799. The second kappa shape index (κ2) is 5.26. The number of nitrogens with zero attached hydrogens (tertiary/aromatic N) is 2. The van der Waals surface area contributed by atoms with Crippen molar-refractivity contribution in [3.05, 3.63) is 0 Å². The molecule has 1 rings (SSSR count). The summed E-state index contributed by atoms with van der Waals surface area (Å²) in [5, 5.41) is 9.02. The van der Waals surface area contributed by atoms with E-state index >= 15 is 0 Å². The zero-order valence-corrected chi connectivity index (χ0v) is 9.65. The minimum absolute atomic E-state index is 0.182. The third-order valence-corrected chi connectivity index (χ3v) is 3.08. The van der Waals surface area contributed by atoms with Crippen LogP contribution in [-0.4, -0.2) is 48.6 Å². The zero-order chi connectivity index (χ0) is 11.3. The quantitative estimate of drug-likeness (QED) is 0.677. The van der Waals surface area contributed by atoms with Crippen molar-refractivity contribution >= 4 is 12.3 Å². The Kier molecular flexibility index (Phi) is 4.27. The van der Waals surface area contributed by atoms with Gasteiger partial charge >= 0.3 is 5.97 Å². The maximum absolute atomic E-state index is 11.0. The lowest BCUT2D eigenvalue weighted by atomic mass is 9.99. The van der Waals surface area contributed by atoms with E-state index in [0.717, 1.165) is 43.4 Å². The van der Waals surface area contributed by atoms with Crippen molar-refractivity contribution < 1.29 is 14.4 Å². The number of carbonyl (C=O) groups is 1. The van der Waals surface area contributed by atoms with Crippen LogP contribution in [0, 0.1) is 5.92 Å². The molecular formula is C11H21N2O2+. The van der Waals surface area contributed by atoms with Gasteiger partial charge in [-0.2, -0.15) is 0 Å². The zero-order valence-electron chi connectivity index (χ0n) is 9.65. The van der Waals surface area contributed by atoms with Gasteiger partial charge in [0.15, 0.2) is 6.34 Å². The van der Waals surface area contributed by atoms with Gasteiger partial charge in [-0.3, -0.25) is 9.28 Å². The molecule has 0 aromatic carbocycles. The molecule has 0 aromatic heterocycles. The average molecular weight is 213 g/mol. The molecule has 1 N–H and O–H groups in total. The smallest absolute Gasteiger partial charge is 0.306 e. The Balaban J connectivity index is 2.39. The van der Waals surface area contributed by atoms with Crippen molar-refractivity contribution in [2.45, 2.75) is 26.2 Å². The summed E-state index contributed by atoms with van der Waals surface area (Å²) in [7, 11) is 2.11. The molecule has 0 spiro atoms. The van der Waals surface area contributed by atoms with Crippen molar-refractivity contribution in [2.75, 3.05) is 26.7 Å². The number of rotatable bonds is 6. The molecule has 4 heteroatoms. The summed E-state index contributed by atoms with van der Waals surface area (Å²) in [6.45, 7) is 4.81. The molecule has 2 atom stereocenters. The minimum Gasteiger partial charge on any atom is -0.481 e. The predicted octanol–water partition coefficient (Wildman–Crippen LogP) is 1.37. The van der Waals surface area contributed by atoms with Crippen LogP contribution < -0.4 is 0 Å². The number of carboxylic acids is 1. The molecule has 0 saturated heterocycles. The SMILES string of the molecule is CCCC(CC[N+]1(C)C=NCC1)C(=O)O. The van der Waals surface area contributed by atoms with Gasteiger partial charge in [-0.15, -0.1) is 0 Å². The number of likely N-dealkylation sites (N-methyl/N-ethyl adjacent to an activating group) is 1. The van der Waals surface area contributed by atoms with E-state index in [1.807, 2.05) is 13.3 Å². The summed E-state index contributed by atoms with van der Waals surface area (Å²) in [4.78, 5) is 15.2. The van der Waals surface area contributed by atoms with Crippen molar-refractivity contribution in [3.8, 4) is 0 Å². The van der Waals surface area contributed by atoms with Gasteiger partial charge in [0, 0.05) is 6.42 Å². The molecule has 0 saturated carbocycles. The fraction of sp³-hybridized carbons (Fsp3) is 0.818. The first-order chi connectivity index (χ1) is 7.07. The van der Waals surface area contributed by atoms with E-state index in [1.165, 1.54) is 0 Å². The number of aliphatic imine (C=N–C) groups is 1. The molecule has 86 valence electrons. The van der Waals surface area contributed by atoms with Gasteiger partial charge in [0.2, 0.25) is 0 Å². The van der Waals surface area contributed by atoms with Gasteiger partial charge in [0.25, 0.3) is 0 Å². The molecule has 0 radical (unpaired) electrons. The Bertz CT molecular complexity index is 253. The van der Waals surface area contributed by atoms with Crippen molar-refractivity contribution in [1.82, 2.24) is 0 Å². The average Bonchev–Trinajstić information content (AvgIpc) is 2.60. The first-order valence-corrected chi connectivity index (χ1v) is 5.65. The van der Waals surface area contributed by atoms with Gasteiger partial charge < -0.3 is 5.11 Å². The van der Waals surface area contributed by atoms with Gasteiger partial charge in [-0.25, -0.2) is 4.99 Å². The molecule has 4 nitrogen and oxygen atoms in total. The van der Waals surface area contributed by atoms with E-state index in [0.29, 0.717) is 0 Å². The number of hydrogen-bond acceptors (Lipinski definition) is 2. The standard InChI is InChI=1S/C11H20N2O2/c1-3-4-10(11(14)15)5-7-13(2)8-6-12-9-13/h9-10H,3-8H2,1-2H3/p+1. The van der Waals surface area contributed by atoms with Gasteiger partial charge in [0.1, 0.15) is 6.54 Å². The van der Waals surface area contributed by atoms with Crippen LogP contribution >= 0.6 is 0 Å². The Morgan fingerprint density at radius 1 is 1.60 bits per heavy atom. The lowest BCUT2D eigenvalue weighted by molar-refractivity contribution is -0.807. The first-order valence-electron chi connectivity index (χ1n) is 5.65. The summed E-state index contributed by atoms with van der Waals surface area (Å²) in [5.74, 6) is -0.835. The highest BCUT2D eigenvalue weighted by Crippen LogP contribution is 2.15. The monoisotopic (exact) mass is 213 g/mol. The topological polar surface area (TPSA) is 49.7 Å². The van der Waals surface area contributed by atoms with Crippen LogP contribution in [0.1, 0.15) is 26.2 Å². The fourth-order valence-electron chi connectivity index (χ4n) is 1.96. The highest BCUT2D eigenvalue weighted by Gasteiger charge is 2.26. The van der Waals surface area contributed by atoms with E-state index in [-0.39, 0.29) is 5.92 Å². The van der Waals surface area contributed by atoms with Gasteiger partial charge in [-0.05, 0) is 6.42 Å². The Morgan fingerprint density at radius 2 is 2.33 bits per heavy atom. The normalized spacial score (nSPS) is 26.8. The molecule has 1 heterocycles. The van der Waals surface area contributed by atoms with Crippen LogP contribution in [0.25, 0.3) is 0 Å². The number of carboxylic acid groups (broad SMARTS) is 1. The van der Waals surface area contributed by atoms with Crippen molar-refractivity contribution in [2.24, 2.45) is 10.9 Å². The third kappa shape index (κ3) is 3.63. The second-order valence-corrected chi connectivity index (χ2v) is 4.56. The van der Waals surface area contributed by atoms with E-state index in [1.54, 1.807) is 0 Å². The number of aliphatic carboxylic acids is 1. The van der Waals surface area contributed by atoms with Crippen molar-refractivity contribution in [3.63, 3.8) is 0 Å². The lowest BCUT2D eigenvalue weighted by Crippen LogP contribution is -2.42. The van der Waals surface area contributed by atoms with Crippen LogP contribution in [0.5, 0.6) is 0 Å². The maximum atomic E-state index is 11.0. The minimum atomic E-state index is -0.653. The van der Waals surface area contributed by atoms with Crippen LogP contribution in [0.15, 0.2) is 4.99 Å². The Labute approximate surface area is 91.2 Å². The second-order valence-electron chi connectivity index (χ2n) is 4.56. The molecule has 1 aliphatic rings. The molecular weight excluding hydrogens is 192 g/mol. The molecule has 1 aliphatic heterocycles. The maximum Gasteiger partial charge on any atom is 0.306 e. The summed E-state index contributed by atoms with van der Waals surface area (Å²) in [6.07, 6.45) is 4.43. The van der Waals surface area contributed by atoms with Gasteiger partial charge in [-0.1, -0.05) is 13.3 Å². The van der Waals surface area contributed by atoms with E-state index < -0.39 is 5.97 Å². The first kappa shape index (κ1) is 12.2. The van der Waals surface area contributed by atoms with Crippen molar-refractivity contribution in [1.29, 1.82) is 0 Å². The molecule has 0 aliphatic carbocycles. The fourth-order valence-corrected chi connectivity index (χ4v) is 1.96. The summed E-state index contributed by atoms with van der Waals surface area (Å²) in [6, 6.07) is 0. The van der Waals surface area contributed by atoms with Crippen LogP contribution in [0.3, 0.4) is 0 Å². The van der Waals surface area contributed by atoms with Crippen LogP contribution in [-0.2, 0) is 4.79 Å². The summed E-state index contributed by atoms with van der Waals surface area (Å²) >= 11 is 0. The molecule has 0 amide bonds. The highest BCUT2D eigenvalue weighted by molar-refractivity contribution is 5.69. The summed E-state index contributed by atoms with van der Waals surface area (Å²) in [5.41, 5.74) is 0. The Morgan fingerprint density at radius 3 is 2.80 bits per heavy atom. The Hall–Kier alpha value is -0.900. The van der Waals surface area contributed by atoms with E-state index in [4.69, 9.17) is 5.11 Å². The van der Waals surface area contributed by atoms with Crippen LogP contribution in [0.4, 0.5) is 0 Å². The molecule has 0 fully saturated rings. The van der Waals surface area contributed by atoms with E-state index in [9.17, 15) is 4.79 Å². The molecule has 0 bridgehead atoms. The third-order valence-electron chi connectivity index (χ3n) is 3.08. The number of hydrogen-bond donors (Lipinski definition) is 1. The molecule has 2 unspecified atom stereocenters. The van der Waals surface area contributed by atoms with Crippen LogP contribution in [0.2, 0.25) is 0 Å². The lowest BCUT2D eigenvalue weighted by Gasteiger charge is -2.26. The predicted molar refractivity (Wildman–Crippen MR) is 59.9 cm³/mol. The largest absolute Gasteiger partial charge is 0.481 e. The van der Waals surface area contributed by atoms with E-state index in [2.05, 4.69) is 12.0 Å².